The highest BCUT2D eigenvalue weighted by molar-refractivity contribution is 5.75. The molecule has 1 aliphatic rings. The van der Waals surface area contributed by atoms with Gasteiger partial charge in [0.2, 0.25) is 5.95 Å². The van der Waals surface area contributed by atoms with Crippen LogP contribution in [0.2, 0.25) is 0 Å². The number of fused-ring (bicyclic) bond motifs is 1. The Hall–Kier alpha value is -1.83. The van der Waals surface area contributed by atoms with Crippen LogP contribution < -0.4 is 5.32 Å². The SMILES string of the molecule is C[C@H](CNc1nc2ccc(C(F)(F)F)nc2n1C1CCC1)COC(C)(C)C. The molecule has 0 amide bonds. The Morgan fingerprint density at radius 2 is 1.93 bits per heavy atom. The molecule has 5 nitrogen and oxygen atoms in total. The van der Waals surface area contributed by atoms with Gasteiger partial charge in [-0.2, -0.15) is 13.2 Å². The van der Waals surface area contributed by atoms with Crippen molar-refractivity contribution >= 4 is 17.1 Å². The van der Waals surface area contributed by atoms with Crippen LogP contribution in [0, 0.1) is 5.92 Å². The van der Waals surface area contributed by atoms with E-state index in [0.29, 0.717) is 30.3 Å². The van der Waals surface area contributed by atoms with Crippen molar-refractivity contribution in [3.8, 4) is 0 Å². The van der Waals surface area contributed by atoms with E-state index in [1.165, 1.54) is 6.07 Å². The van der Waals surface area contributed by atoms with E-state index in [1.54, 1.807) is 0 Å². The van der Waals surface area contributed by atoms with Crippen molar-refractivity contribution in [2.75, 3.05) is 18.5 Å². The summed E-state index contributed by atoms with van der Waals surface area (Å²) in [5, 5.41) is 3.30. The number of aromatic nitrogens is 3. The molecular weight excluding hydrogens is 357 g/mol. The largest absolute Gasteiger partial charge is 0.433 e. The van der Waals surface area contributed by atoms with E-state index in [4.69, 9.17) is 4.74 Å². The van der Waals surface area contributed by atoms with E-state index in [1.807, 2.05) is 25.3 Å². The third kappa shape index (κ3) is 4.72. The van der Waals surface area contributed by atoms with Crippen LogP contribution >= 0.6 is 0 Å². The van der Waals surface area contributed by atoms with Gasteiger partial charge in [0, 0.05) is 12.6 Å². The second-order valence-electron chi connectivity index (χ2n) is 8.34. The van der Waals surface area contributed by atoms with Crippen LogP contribution in [-0.2, 0) is 10.9 Å². The van der Waals surface area contributed by atoms with Gasteiger partial charge in [0.15, 0.2) is 5.65 Å². The van der Waals surface area contributed by atoms with Gasteiger partial charge in [0.05, 0.1) is 12.2 Å². The van der Waals surface area contributed by atoms with Crippen molar-refractivity contribution in [1.82, 2.24) is 14.5 Å². The van der Waals surface area contributed by atoms with Gasteiger partial charge < -0.3 is 10.1 Å². The molecule has 1 fully saturated rings. The zero-order valence-corrected chi connectivity index (χ0v) is 16.2. The standard InChI is InChI=1S/C19H27F3N4O/c1-12(11-27-18(2,3)4)10-23-17-24-14-8-9-15(19(20,21)22)25-16(14)26(17)13-6-5-7-13/h8-9,12-13H,5-7,10-11H2,1-4H3,(H,23,24)/t12-/m1/s1. The number of nitrogens with one attached hydrogen (secondary N) is 1. The molecule has 1 N–H and O–H groups in total. The Kier molecular flexibility index (Phi) is 5.38. The van der Waals surface area contributed by atoms with E-state index in [0.717, 1.165) is 25.3 Å². The lowest BCUT2D eigenvalue weighted by atomic mass is 9.93. The molecule has 1 aliphatic carbocycles. The third-order valence-corrected chi connectivity index (χ3v) is 4.68. The molecule has 1 saturated carbocycles. The molecule has 0 aromatic carbocycles. The third-order valence-electron chi connectivity index (χ3n) is 4.68. The van der Waals surface area contributed by atoms with Crippen LogP contribution in [-0.4, -0.2) is 33.3 Å². The Labute approximate surface area is 157 Å². The lowest BCUT2D eigenvalue weighted by molar-refractivity contribution is -0.141. The highest BCUT2D eigenvalue weighted by atomic mass is 19.4. The number of halogens is 3. The molecule has 2 aromatic rings. The van der Waals surface area contributed by atoms with Crippen LogP contribution in [0.15, 0.2) is 12.1 Å². The van der Waals surface area contributed by atoms with Gasteiger partial charge in [-0.3, -0.25) is 4.57 Å². The molecule has 3 rings (SSSR count). The predicted molar refractivity (Wildman–Crippen MR) is 98.8 cm³/mol. The quantitative estimate of drug-likeness (QED) is 0.758. The van der Waals surface area contributed by atoms with Crippen LogP contribution in [0.5, 0.6) is 0 Å². The zero-order chi connectivity index (χ0) is 19.8. The fraction of sp³-hybridized carbons (Fsp3) is 0.684. The summed E-state index contributed by atoms with van der Waals surface area (Å²) in [6.45, 7) is 9.30. The van der Waals surface area contributed by atoms with Crippen molar-refractivity contribution in [1.29, 1.82) is 0 Å². The summed E-state index contributed by atoms with van der Waals surface area (Å²) in [6, 6.07) is 2.54. The van der Waals surface area contributed by atoms with Crippen LogP contribution in [0.1, 0.15) is 58.7 Å². The Balaban J connectivity index is 1.82. The molecule has 8 heteroatoms. The molecule has 0 aliphatic heterocycles. The van der Waals surface area contributed by atoms with Gasteiger partial charge >= 0.3 is 6.18 Å². The van der Waals surface area contributed by atoms with Crippen LogP contribution in [0.25, 0.3) is 11.2 Å². The lowest BCUT2D eigenvalue weighted by Crippen LogP contribution is -2.27. The van der Waals surface area contributed by atoms with Crippen LogP contribution in [0.4, 0.5) is 19.1 Å². The van der Waals surface area contributed by atoms with E-state index in [2.05, 4.69) is 22.2 Å². The number of pyridine rings is 1. The molecule has 0 spiro atoms. The monoisotopic (exact) mass is 384 g/mol. The van der Waals surface area contributed by atoms with Crippen molar-refractivity contribution < 1.29 is 17.9 Å². The number of hydrogen-bond donors (Lipinski definition) is 1. The summed E-state index contributed by atoms with van der Waals surface area (Å²) in [4.78, 5) is 8.38. The number of nitrogens with zero attached hydrogens (tertiary/aromatic N) is 3. The molecule has 150 valence electrons. The average Bonchev–Trinajstić information content (AvgIpc) is 2.85. The smallest absolute Gasteiger partial charge is 0.376 e. The van der Waals surface area contributed by atoms with E-state index in [-0.39, 0.29) is 17.6 Å². The first-order valence-electron chi connectivity index (χ1n) is 9.38. The summed E-state index contributed by atoms with van der Waals surface area (Å²) >= 11 is 0. The minimum atomic E-state index is -4.46. The lowest BCUT2D eigenvalue weighted by Gasteiger charge is -2.29. The van der Waals surface area contributed by atoms with Gasteiger partial charge in [0.1, 0.15) is 11.2 Å². The Bertz CT molecular complexity index is 791. The summed E-state index contributed by atoms with van der Waals surface area (Å²) in [5.41, 5.74) is -0.300. The minimum absolute atomic E-state index is 0.148. The van der Waals surface area contributed by atoms with Crippen molar-refractivity contribution in [3.63, 3.8) is 0 Å². The maximum atomic E-state index is 13.1. The molecular formula is C19H27F3N4O. The number of ether oxygens (including phenoxy) is 1. The first-order chi connectivity index (χ1) is 12.5. The van der Waals surface area contributed by atoms with E-state index < -0.39 is 11.9 Å². The summed E-state index contributed by atoms with van der Waals surface area (Å²) in [5.74, 6) is 0.821. The molecule has 0 bridgehead atoms. The molecule has 2 heterocycles. The van der Waals surface area contributed by atoms with Crippen molar-refractivity contribution in [3.05, 3.63) is 17.8 Å². The molecule has 1 atom stereocenters. The van der Waals surface area contributed by atoms with Crippen LogP contribution in [0.3, 0.4) is 0 Å². The van der Waals surface area contributed by atoms with Gasteiger partial charge in [-0.05, 0) is 58.1 Å². The highest BCUT2D eigenvalue weighted by Crippen LogP contribution is 2.37. The first-order valence-corrected chi connectivity index (χ1v) is 9.38. The zero-order valence-electron chi connectivity index (χ0n) is 16.2. The topological polar surface area (TPSA) is 52.0 Å². The van der Waals surface area contributed by atoms with Crippen molar-refractivity contribution in [2.45, 2.75) is 64.8 Å². The normalized spacial score (nSPS) is 17.1. The second kappa shape index (κ2) is 7.30. The number of alkyl halides is 3. The molecule has 27 heavy (non-hydrogen) atoms. The van der Waals surface area contributed by atoms with Crippen molar-refractivity contribution in [2.24, 2.45) is 5.92 Å². The molecule has 0 radical (unpaired) electrons. The van der Waals surface area contributed by atoms with E-state index in [9.17, 15) is 13.2 Å². The maximum Gasteiger partial charge on any atom is 0.433 e. The fourth-order valence-corrected chi connectivity index (χ4v) is 2.96. The number of hydrogen-bond acceptors (Lipinski definition) is 4. The summed E-state index contributed by atoms with van der Waals surface area (Å²) in [6.07, 6.45) is -1.53. The number of rotatable bonds is 6. The average molecular weight is 384 g/mol. The van der Waals surface area contributed by atoms with Gasteiger partial charge in [-0.25, -0.2) is 9.97 Å². The summed E-state index contributed by atoms with van der Waals surface area (Å²) < 4.78 is 46.8. The minimum Gasteiger partial charge on any atom is -0.376 e. The molecule has 2 aromatic heterocycles. The van der Waals surface area contributed by atoms with E-state index >= 15 is 0 Å². The second-order valence-corrected chi connectivity index (χ2v) is 8.34. The number of anilines is 1. The first kappa shape index (κ1) is 19.9. The Morgan fingerprint density at radius 3 is 2.48 bits per heavy atom. The molecule has 0 unspecified atom stereocenters. The Morgan fingerprint density at radius 1 is 1.22 bits per heavy atom. The van der Waals surface area contributed by atoms with Gasteiger partial charge in [0.25, 0.3) is 0 Å². The highest BCUT2D eigenvalue weighted by Gasteiger charge is 2.34. The number of imidazole rings is 1. The fourth-order valence-electron chi connectivity index (χ4n) is 2.96. The predicted octanol–water partition coefficient (Wildman–Crippen LogP) is 5.04. The summed E-state index contributed by atoms with van der Waals surface area (Å²) in [7, 11) is 0. The maximum absolute atomic E-state index is 13.1. The van der Waals surface area contributed by atoms with Gasteiger partial charge in [-0.15, -0.1) is 0 Å². The molecule has 0 saturated heterocycles. The van der Waals surface area contributed by atoms with Gasteiger partial charge in [-0.1, -0.05) is 6.92 Å².